The molecule has 0 bridgehead atoms. The lowest BCUT2D eigenvalue weighted by Crippen LogP contribution is -2.19. The molecule has 2 heterocycles. The molecule has 3 aromatic rings. The Morgan fingerprint density at radius 3 is 2.53 bits per heavy atom. The smallest absolute Gasteiger partial charge is 0.256 e. The van der Waals surface area contributed by atoms with Gasteiger partial charge >= 0.3 is 0 Å². The van der Waals surface area contributed by atoms with Crippen LogP contribution < -0.4 is 10.6 Å². The Morgan fingerprint density at radius 1 is 1.10 bits per heavy atom. The van der Waals surface area contributed by atoms with Crippen LogP contribution in [0.3, 0.4) is 0 Å². The third kappa shape index (κ3) is 4.64. The molecule has 0 aliphatic heterocycles. The van der Waals surface area contributed by atoms with Gasteiger partial charge in [0.2, 0.25) is 0 Å². The number of benzene rings is 1. The van der Waals surface area contributed by atoms with Crippen LogP contribution in [0.5, 0.6) is 0 Å². The van der Waals surface area contributed by atoms with Gasteiger partial charge < -0.3 is 10.6 Å². The number of hydrogen-bond acceptors (Lipinski definition) is 4. The zero-order valence-electron chi connectivity index (χ0n) is 18.1. The van der Waals surface area contributed by atoms with Crippen molar-refractivity contribution in [2.75, 3.05) is 17.2 Å². The van der Waals surface area contributed by atoms with Crippen molar-refractivity contribution in [2.45, 2.75) is 58.3 Å². The fourth-order valence-electron chi connectivity index (χ4n) is 4.05. The first-order chi connectivity index (χ1) is 14.4. The lowest BCUT2D eigenvalue weighted by atomic mass is 9.87. The van der Waals surface area contributed by atoms with Crippen molar-refractivity contribution in [2.24, 2.45) is 5.92 Å². The van der Waals surface area contributed by atoms with Crippen LogP contribution in [-0.4, -0.2) is 27.0 Å². The number of anilines is 2. The van der Waals surface area contributed by atoms with Gasteiger partial charge in [0.25, 0.3) is 5.91 Å². The predicted molar refractivity (Wildman–Crippen MR) is 121 cm³/mol. The van der Waals surface area contributed by atoms with E-state index >= 15 is 0 Å². The standard InChI is InChI=1S/C24H31N5O/c1-24(2,3)19-11-9-18(10-12-19)23(30)28-20-15-22(29-21(27-20)13-14-26-29)25-16-17-7-5-4-6-8-17/h9-15,17,25H,4-8,16H2,1-3H3,(H,27,28,30). The van der Waals surface area contributed by atoms with Gasteiger partial charge in [0.1, 0.15) is 11.6 Å². The molecule has 2 N–H and O–H groups in total. The molecule has 0 radical (unpaired) electrons. The van der Waals surface area contributed by atoms with Crippen LogP contribution in [0.1, 0.15) is 68.8 Å². The second-order valence-electron chi connectivity index (χ2n) is 9.29. The molecule has 6 heteroatoms. The SMILES string of the molecule is CC(C)(C)c1ccc(C(=O)Nc2cc(NCC3CCCCC3)n3nccc3n2)cc1. The Kier molecular flexibility index (Phi) is 5.75. The monoisotopic (exact) mass is 405 g/mol. The second kappa shape index (κ2) is 8.46. The summed E-state index contributed by atoms with van der Waals surface area (Å²) in [7, 11) is 0. The third-order valence-corrected chi connectivity index (χ3v) is 5.91. The molecule has 1 amide bonds. The molecular formula is C24H31N5O. The fourth-order valence-corrected chi connectivity index (χ4v) is 4.05. The molecular weight excluding hydrogens is 374 g/mol. The number of carbonyl (C=O) groups excluding carboxylic acids is 1. The number of aromatic nitrogens is 3. The van der Waals surface area contributed by atoms with E-state index in [1.165, 1.54) is 37.7 Å². The number of amides is 1. The molecule has 2 aromatic heterocycles. The molecule has 0 unspecified atom stereocenters. The van der Waals surface area contributed by atoms with Gasteiger partial charge in [0.05, 0.1) is 6.20 Å². The van der Waals surface area contributed by atoms with E-state index in [0.29, 0.717) is 22.9 Å². The summed E-state index contributed by atoms with van der Waals surface area (Å²) in [6, 6.07) is 11.5. The zero-order valence-corrected chi connectivity index (χ0v) is 18.1. The number of carbonyl (C=O) groups is 1. The molecule has 1 aromatic carbocycles. The summed E-state index contributed by atoms with van der Waals surface area (Å²) in [6.45, 7) is 7.40. The van der Waals surface area contributed by atoms with E-state index < -0.39 is 0 Å². The number of fused-ring (bicyclic) bond motifs is 1. The minimum absolute atomic E-state index is 0.0580. The zero-order chi connectivity index (χ0) is 21.1. The van der Waals surface area contributed by atoms with Crippen LogP contribution in [-0.2, 0) is 5.41 Å². The summed E-state index contributed by atoms with van der Waals surface area (Å²) < 4.78 is 1.79. The first-order valence-corrected chi connectivity index (χ1v) is 10.9. The van der Waals surface area contributed by atoms with Crippen LogP contribution in [0.25, 0.3) is 5.65 Å². The summed E-state index contributed by atoms with van der Waals surface area (Å²) >= 11 is 0. The molecule has 0 atom stereocenters. The molecule has 0 saturated heterocycles. The van der Waals surface area contributed by atoms with Crippen molar-refractivity contribution in [3.63, 3.8) is 0 Å². The Bertz CT molecular complexity index is 1010. The van der Waals surface area contributed by atoms with Crippen LogP contribution in [0, 0.1) is 5.92 Å². The summed E-state index contributed by atoms with van der Waals surface area (Å²) in [5, 5.41) is 10.8. The van der Waals surface area contributed by atoms with Gasteiger partial charge in [-0.3, -0.25) is 4.79 Å². The van der Waals surface area contributed by atoms with Gasteiger partial charge in [0.15, 0.2) is 5.65 Å². The van der Waals surface area contributed by atoms with Crippen molar-refractivity contribution >= 4 is 23.2 Å². The number of hydrogen-bond donors (Lipinski definition) is 2. The molecule has 30 heavy (non-hydrogen) atoms. The highest BCUT2D eigenvalue weighted by Gasteiger charge is 2.17. The maximum absolute atomic E-state index is 12.8. The van der Waals surface area contributed by atoms with Gasteiger partial charge in [-0.15, -0.1) is 0 Å². The molecule has 1 saturated carbocycles. The van der Waals surface area contributed by atoms with E-state index in [9.17, 15) is 4.79 Å². The van der Waals surface area contributed by atoms with E-state index in [4.69, 9.17) is 0 Å². The minimum Gasteiger partial charge on any atom is -0.370 e. The number of rotatable bonds is 5. The summed E-state index contributed by atoms with van der Waals surface area (Å²) in [4.78, 5) is 17.3. The quantitative estimate of drug-likeness (QED) is 0.606. The maximum atomic E-state index is 12.8. The highest BCUT2D eigenvalue weighted by Crippen LogP contribution is 2.25. The van der Waals surface area contributed by atoms with Crippen molar-refractivity contribution in [3.05, 3.63) is 53.7 Å². The van der Waals surface area contributed by atoms with Crippen molar-refractivity contribution in [1.82, 2.24) is 14.6 Å². The normalized spacial score (nSPS) is 15.3. The van der Waals surface area contributed by atoms with E-state index in [0.717, 1.165) is 12.4 Å². The molecule has 158 valence electrons. The molecule has 1 aliphatic carbocycles. The lowest BCUT2D eigenvalue weighted by Gasteiger charge is -2.22. The minimum atomic E-state index is -0.162. The van der Waals surface area contributed by atoms with E-state index in [-0.39, 0.29) is 11.3 Å². The lowest BCUT2D eigenvalue weighted by molar-refractivity contribution is 0.102. The Morgan fingerprint density at radius 2 is 1.83 bits per heavy atom. The van der Waals surface area contributed by atoms with Crippen LogP contribution >= 0.6 is 0 Å². The molecule has 4 rings (SSSR count). The van der Waals surface area contributed by atoms with Crippen LogP contribution in [0.4, 0.5) is 11.6 Å². The Labute approximate surface area is 178 Å². The van der Waals surface area contributed by atoms with Gasteiger partial charge in [0, 0.05) is 24.2 Å². The van der Waals surface area contributed by atoms with Crippen LogP contribution in [0.15, 0.2) is 42.6 Å². The maximum Gasteiger partial charge on any atom is 0.256 e. The highest BCUT2D eigenvalue weighted by molar-refractivity contribution is 6.04. The van der Waals surface area contributed by atoms with Gasteiger partial charge in [-0.25, -0.2) is 4.98 Å². The average molecular weight is 406 g/mol. The van der Waals surface area contributed by atoms with E-state index in [1.807, 2.05) is 36.4 Å². The van der Waals surface area contributed by atoms with Crippen molar-refractivity contribution < 1.29 is 4.79 Å². The molecule has 1 aliphatic rings. The van der Waals surface area contributed by atoms with Gasteiger partial charge in [-0.2, -0.15) is 9.61 Å². The highest BCUT2D eigenvalue weighted by atomic mass is 16.1. The Hall–Kier alpha value is -2.89. The van der Waals surface area contributed by atoms with Gasteiger partial charge in [-0.1, -0.05) is 52.2 Å². The average Bonchev–Trinajstić information content (AvgIpc) is 3.21. The predicted octanol–water partition coefficient (Wildman–Crippen LogP) is 5.27. The molecule has 6 nitrogen and oxygen atoms in total. The van der Waals surface area contributed by atoms with E-state index in [1.54, 1.807) is 10.7 Å². The summed E-state index contributed by atoms with van der Waals surface area (Å²) in [6.07, 6.45) is 8.25. The van der Waals surface area contributed by atoms with Crippen molar-refractivity contribution in [1.29, 1.82) is 0 Å². The van der Waals surface area contributed by atoms with Gasteiger partial charge in [-0.05, 0) is 41.9 Å². The van der Waals surface area contributed by atoms with E-state index in [2.05, 4.69) is 41.5 Å². The molecule has 0 spiro atoms. The fraction of sp³-hybridized carbons (Fsp3) is 0.458. The number of nitrogens with zero attached hydrogens (tertiary/aromatic N) is 3. The first-order valence-electron chi connectivity index (χ1n) is 10.9. The summed E-state index contributed by atoms with van der Waals surface area (Å²) in [5.74, 6) is 1.91. The third-order valence-electron chi connectivity index (χ3n) is 5.91. The second-order valence-corrected chi connectivity index (χ2v) is 9.29. The topological polar surface area (TPSA) is 71.3 Å². The summed E-state index contributed by atoms with van der Waals surface area (Å²) in [5.41, 5.74) is 2.59. The number of nitrogens with one attached hydrogen (secondary N) is 2. The van der Waals surface area contributed by atoms with Crippen molar-refractivity contribution in [3.8, 4) is 0 Å². The largest absolute Gasteiger partial charge is 0.370 e. The Balaban J connectivity index is 1.50. The first kappa shape index (κ1) is 20.4. The van der Waals surface area contributed by atoms with Crippen LogP contribution in [0.2, 0.25) is 0 Å². The molecule has 1 fully saturated rings.